The van der Waals surface area contributed by atoms with Crippen LogP contribution in [-0.4, -0.2) is 198 Å². The molecule has 0 aliphatic carbocycles. The van der Waals surface area contributed by atoms with Gasteiger partial charge in [-0.1, -0.05) is 146 Å². The number of anilines is 3. The number of nitrogens with zero attached hydrogens (tertiary/aromatic N) is 11. The van der Waals surface area contributed by atoms with Crippen molar-refractivity contribution in [3.05, 3.63) is 309 Å². The van der Waals surface area contributed by atoms with E-state index in [-0.39, 0.29) is 75.7 Å². The van der Waals surface area contributed by atoms with Gasteiger partial charge in [0, 0.05) is 93.8 Å². The second-order valence-corrected chi connectivity index (χ2v) is 31.1. The molecule has 6 aromatic heterocycles. The number of hydrogen-bond acceptors (Lipinski definition) is 27. The highest BCUT2D eigenvalue weighted by Gasteiger charge is 2.33. The molecule has 0 unspecified atom stereocenters. The largest absolute Gasteiger partial charge is 0.460 e. The average Bonchev–Trinajstić information content (AvgIpc) is 1.62. The first-order valence-corrected chi connectivity index (χ1v) is 43.1. The summed E-state index contributed by atoms with van der Waals surface area (Å²) in [5.74, 6) is 4.48. The van der Waals surface area contributed by atoms with Crippen molar-refractivity contribution in [3.63, 3.8) is 0 Å². The molecule has 9 heterocycles. The van der Waals surface area contributed by atoms with Crippen molar-refractivity contribution in [1.82, 2.24) is 64.9 Å². The number of fused-ring (bicyclic) bond motifs is 3. The topological polar surface area (TPSA) is 417 Å². The summed E-state index contributed by atoms with van der Waals surface area (Å²) in [6.45, 7) is 4.85. The Balaban J connectivity index is 0.000000158. The Labute approximate surface area is 758 Å². The lowest BCUT2D eigenvalue weighted by Gasteiger charge is -2.37. The van der Waals surface area contributed by atoms with Crippen molar-refractivity contribution in [3.8, 4) is 67.9 Å². The monoisotopic (exact) mass is 1770 g/mol. The van der Waals surface area contributed by atoms with Gasteiger partial charge >= 0.3 is 17.9 Å². The first kappa shape index (κ1) is 94.0. The lowest BCUT2D eigenvalue weighted by molar-refractivity contribution is -0.125. The maximum absolute atomic E-state index is 12.8. The number of aromatic nitrogens is 9. The minimum absolute atomic E-state index is 0. The summed E-state index contributed by atoms with van der Waals surface area (Å²) in [5.41, 5.74) is 29.0. The third-order valence-electron chi connectivity index (χ3n) is 22.8. The van der Waals surface area contributed by atoms with Crippen LogP contribution in [0, 0.1) is 0 Å². The van der Waals surface area contributed by atoms with Crippen molar-refractivity contribution >= 4 is 74.2 Å². The summed E-state index contributed by atoms with van der Waals surface area (Å²) in [6.07, 6.45) is 16.5. The number of nitrogens with two attached hydrogens (primary N) is 3. The summed E-state index contributed by atoms with van der Waals surface area (Å²) < 4.78 is 45.4. The van der Waals surface area contributed by atoms with E-state index < -0.39 is 17.9 Å². The fourth-order valence-electron chi connectivity index (χ4n) is 16.2. The molecule has 15 aromatic rings. The summed E-state index contributed by atoms with van der Waals surface area (Å²) in [5, 5.41) is 32.0. The predicted octanol–water partition coefficient (Wildman–Crippen LogP) is 15.9. The Bertz CT molecular complexity index is 6070. The zero-order valence-corrected chi connectivity index (χ0v) is 73.0. The molecular formula is C101H108N16O14. The molecule has 3 aliphatic rings. The van der Waals surface area contributed by atoms with Crippen LogP contribution in [0.2, 0.25) is 0 Å². The van der Waals surface area contributed by atoms with Crippen molar-refractivity contribution in [2.75, 3.05) is 110 Å². The molecule has 18 rings (SSSR count). The van der Waals surface area contributed by atoms with Crippen LogP contribution in [0.25, 0.3) is 66.5 Å². The summed E-state index contributed by atoms with van der Waals surface area (Å²) >= 11 is 0. The normalized spacial score (nSPS) is 13.6. The second-order valence-electron chi connectivity index (χ2n) is 31.1. The van der Waals surface area contributed by atoms with Crippen molar-refractivity contribution in [2.45, 2.75) is 68.7 Å². The summed E-state index contributed by atoms with van der Waals surface area (Å²) in [6, 6.07) is 79.7. The van der Waals surface area contributed by atoms with Crippen LogP contribution < -0.4 is 42.9 Å². The second kappa shape index (κ2) is 46.9. The molecule has 0 spiro atoms. The number of ketones is 1. The van der Waals surface area contributed by atoms with Gasteiger partial charge in [-0.05, 0) is 177 Å². The van der Waals surface area contributed by atoms with Crippen LogP contribution in [0.5, 0.6) is 34.5 Å². The van der Waals surface area contributed by atoms with Crippen LogP contribution in [0.4, 0.5) is 17.5 Å². The fourth-order valence-corrected chi connectivity index (χ4v) is 16.2. The first-order valence-electron chi connectivity index (χ1n) is 43.1. The van der Waals surface area contributed by atoms with E-state index in [1.54, 1.807) is 85.2 Å². The number of hydrogen-bond donors (Lipinski definition) is 8. The lowest BCUT2D eigenvalue weighted by Crippen LogP contribution is -2.47. The molecule has 9 aromatic carbocycles. The molecular weight excluding hydrogens is 1660 g/mol. The van der Waals surface area contributed by atoms with E-state index in [9.17, 15) is 29.4 Å². The zero-order chi connectivity index (χ0) is 90.5. The number of carbonyl (C=O) groups is 4. The number of aliphatic hydroxyl groups excluding tert-OH is 3. The highest BCUT2D eigenvalue weighted by Crippen LogP contribution is 2.42. The van der Waals surface area contributed by atoms with Crippen LogP contribution in [0.1, 0.15) is 87.7 Å². The van der Waals surface area contributed by atoms with Gasteiger partial charge in [0.25, 0.3) is 0 Å². The number of aliphatic hydroxyl groups is 3. The molecule has 0 bridgehead atoms. The Kier molecular flexibility index (Phi) is 33.7. The zero-order valence-electron chi connectivity index (χ0n) is 73.0. The molecule has 0 amide bonds. The Hall–Kier alpha value is -14.6. The number of ether oxygens (including phenoxy) is 7. The predicted molar refractivity (Wildman–Crippen MR) is 504 cm³/mol. The van der Waals surface area contributed by atoms with E-state index in [1.165, 1.54) is 19.8 Å². The molecule has 131 heavy (non-hydrogen) atoms. The van der Waals surface area contributed by atoms with Gasteiger partial charge in [0.15, 0.2) is 12.4 Å². The van der Waals surface area contributed by atoms with E-state index in [0.29, 0.717) is 53.3 Å². The number of nitrogen functional groups attached to an aromatic ring is 3. The maximum atomic E-state index is 12.8. The Morgan fingerprint density at radius 1 is 0.374 bits per heavy atom. The molecule has 3 fully saturated rings. The number of carbonyl (C=O) groups excluding carboxylic acids is 4. The Morgan fingerprint density at radius 3 is 0.962 bits per heavy atom. The lowest BCUT2D eigenvalue weighted by atomic mass is 10.0. The van der Waals surface area contributed by atoms with Gasteiger partial charge in [-0.25, -0.2) is 44.3 Å². The van der Waals surface area contributed by atoms with E-state index in [2.05, 4.69) is 94.2 Å². The fraction of sp³-hybridized carbons (Fsp3) is 0.248. The van der Waals surface area contributed by atoms with E-state index >= 15 is 0 Å². The molecule has 30 nitrogen and oxygen atoms in total. The van der Waals surface area contributed by atoms with Gasteiger partial charge in [0.1, 0.15) is 108 Å². The summed E-state index contributed by atoms with van der Waals surface area (Å²) in [4.78, 5) is 78.9. The molecule has 0 saturated carbocycles. The standard InChI is InChI=1S/C40H37N5O5.C26H29N5O3.C23H23N5O.C11H12O4.CH4O.H3N/c41-37-36-35(28-16-18-34(19-17-28)50-33-14-8-3-9-15-33)24-45(38(36)43-27-42-37)31-20-22-44(23-21-31)32(25-48-39(46)29-10-4-1-5-11-29)26-49-40(47)30-12-6-2-7-13-30;27-25-24-23(18-6-8-22(9-7-18)34-21-4-2-1-3-5-21)14-31(26(24)29-17-28-25)19-10-12-30(13-11-19)20(15-32)16-33;24-22-21-20(14-28(23(21)27-15-26-22)17-10-12-25-13-11-17)16-6-8-19(9-7-16)29-18-4-2-1-3-5-18;1-14-7-10(12)8-15-11(13)9-5-3-2-4-6-9;1-2;/h1-19,24,27,31-32H,20-23,25-26H2,(H2,41,42,43);1-9,14,17,19-20,32-33H,10-13,15-16H2,(H2,27,28,29);1-9,14-15,17,25H,10-13H2,(H2,24,26,27);2-6H,7-8H2,1H3;2H,1H3;1H3. The van der Waals surface area contributed by atoms with Crippen molar-refractivity contribution < 1.29 is 67.7 Å². The molecule has 676 valence electrons. The van der Waals surface area contributed by atoms with E-state index in [0.717, 1.165) is 173 Å². The number of nitrogens with one attached hydrogen (secondary N) is 1. The van der Waals surface area contributed by atoms with Gasteiger partial charge in [-0.2, -0.15) is 0 Å². The van der Waals surface area contributed by atoms with Crippen molar-refractivity contribution in [2.24, 2.45) is 0 Å². The minimum atomic E-state index is -0.500. The number of piperidine rings is 3. The number of rotatable bonds is 27. The minimum Gasteiger partial charge on any atom is -0.460 e. The SMILES string of the molecule is CO.COCC(=O)COC(=O)c1ccccc1.N.Nc1ncnc2c1c(-c1ccc(Oc3ccccc3)cc1)cn2C1CCN(C(CO)CO)CC1.Nc1ncnc2c1c(-c1ccc(Oc3ccccc3)cc1)cn2C1CCN(C(COC(=O)c2ccccc2)COC(=O)c2ccccc2)CC1.Nc1ncnc2c1c(-c1ccc(Oc3ccccc3)cc1)cn2C1CCNCC1. The number of para-hydroxylation sites is 3. The molecule has 0 atom stereocenters. The average molecular weight is 1770 g/mol. The van der Waals surface area contributed by atoms with Crippen molar-refractivity contribution in [1.29, 1.82) is 0 Å². The molecule has 0 radical (unpaired) electrons. The molecule has 3 saturated heterocycles. The highest BCUT2D eigenvalue weighted by molar-refractivity contribution is 6.03. The number of Topliss-reactive ketones (excluding diaryl/α,β-unsaturated/α-hetero) is 1. The smallest absolute Gasteiger partial charge is 0.338 e. The molecule has 30 heteroatoms. The van der Waals surface area contributed by atoms with E-state index in [1.807, 2.05) is 164 Å². The maximum Gasteiger partial charge on any atom is 0.338 e. The number of benzene rings is 9. The van der Waals surface area contributed by atoms with E-state index in [4.69, 9.17) is 50.7 Å². The van der Waals surface area contributed by atoms with Gasteiger partial charge in [0.05, 0.1) is 58.1 Å². The van der Waals surface area contributed by atoms with Gasteiger partial charge in [0.2, 0.25) is 0 Å². The summed E-state index contributed by atoms with van der Waals surface area (Å²) in [7, 11) is 2.41. The third kappa shape index (κ3) is 24.2. The van der Waals surface area contributed by atoms with Crippen LogP contribution in [-0.2, 0) is 23.7 Å². The third-order valence-corrected chi connectivity index (χ3v) is 22.8. The number of likely N-dealkylation sites (tertiary alicyclic amines) is 2. The van der Waals surface area contributed by atoms with Gasteiger partial charge < -0.3 is 90.8 Å². The van der Waals surface area contributed by atoms with Crippen LogP contribution >= 0.6 is 0 Å². The van der Waals surface area contributed by atoms with Crippen LogP contribution in [0.3, 0.4) is 0 Å². The highest BCUT2D eigenvalue weighted by atomic mass is 16.6. The first-order chi connectivity index (χ1) is 63.7. The quantitative estimate of drug-likeness (QED) is 0.0175. The van der Waals surface area contributed by atoms with Gasteiger partial charge in [-0.15, -0.1) is 0 Å². The molecule has 13 N–H and O–H groups in total. The number of esters is 3. The number of methoxy groups -OCH3 is 1. The van der Waals surface area contributed by atoms with Crippen LogP contribution in [0.15, 0.2) is 292 Å². The van der Waals surface area contributed by atoms with Gasteiger partial charge in [-0.3, -0.25) is 14.6 Å². The Morgan fingerprint density at radius 2 is 0.656 bits per heavy atom. The molecule has 3 aliphatic heterocycles.